The number of carboxylic acids is 1. The highest BCUT2D eigenvalue weighted by molar-refractivity contribution is 6.30. The summed E-state index contributed by atoms with van der Waals surface area (Å²) in [6.45, 7) is 0. The largest absolute Gasteiger partial charge is 0.481 e. The summed E-state index contributed by atoms with van der Waals surface area (Å²) in [6.07, 6.45) is 5.93. The zero-order chi connectivity index (χ0) is 12.7. The lowest BCUT2D eigenvalue weighted by Gasteiger charge is -2.19. The molecule has 0 heterocycles. The van der Waals surface area contributed by atoms with Gasteiger partial charge in [0, 0.05) is 5.02 Å². The highest BCUT2D eigenvalue weighted by Crippen LogP contribution is 2.47. The Morgan fingerprint density at radius 2 is 2.17 bits per heavy atom. The van der Waals surface area contributed by atoms with Crippen LogP contribution in [0.2, 0.25) is 5.02 Å². The van der Waals surface area contributed by atoms with E-state index >= 15 is 0 Å². The summed E-state index contributed by atoms with van der Waals surface area (Å²) < 4.78 is 0. The number of hydrogen-bond acceptors (Lipinski definition) is 1. The molecule has 0 amide bonds. The molecule has 2 aliphatic carbocycles. The minimum Gasteiger partial charge on any atom is -0.481 e. The number of fused-ring (bicyclic) bond motifs is 1. The van der Waals surface area contributed by atoms with Crippen LogP contribution in [0.5, 0.6) is 0 Å². The van der Waals surface area contributed by atoms with E-state index in [9.17, 15) is 4.79 Å². The van der Waals surface area contributed by atoms with Gasteiger partial charge in [0.2, 0.25) is 0 Å². The van der Waals surface area contributed by atoms with Gasteiger partial charge in [-0.3, -0.25) is 4.79 Å². The van der Waals surface area contributed by atoms with Crippen molar-refractivity contribution in [1.29, 1.82) is 0 Å². The van der Waals surface area contributed by atoms with E-state index in [0.29, 0.717) is 5.92 Å². The molecule has 1 saturated carbocycles. The molecule has 2 aliphatic rings. The second-order valence-electron chi connectivity index (χ2n) is 5.53. The summed E-state index contributed by atoms with van der Waals surface area (Å²) >= 11 is 6.19. The molecule has 3 rings (SSSR count). The fraction of sp³-hybridized carbons (Fsp3) is 0.533. The van der Waals surface area contributed by atoms with Gasteiger partial charge in [0.15, 0.2) is 0 Å². The van der Waals surface area contributed by atoms with Crippen LogP contribution in [-0.2, 0) is 17.6 Å². The van der Waals surface area contributed by atoms with Crippen molar-refractivity contribution < 1.29 is 9.90 Å². The predicted molar refractivity (Wildman–Crippen MR) is 71.2 cm³/mol. The first-order valence-electron chi connectivity index (χ1n) is 6.68. The SMILES string of the molecule is O=C(O)CC(c1cc(Cl)cc2c1CCC2)C1CC1. The van der Waals surface area contributed by atoms with E-state index in [1.54, 1.807) is 0 Å². The molecular weight excluding hydrogens is 248 g/mol. The molecule has 1 unspecified atom stereocenters. The van der Waals surface area contributed by atoms with Crippen LogP contribution < -0.4 is 0 Å². The molecule has 0 saturated heterocycles. The number of carbonyl (C=O) groups is 1. The lowest BCUT2D eigenvalue weighted by Crippen LogP contribution is -2.10. The number of halogens is 1. The average Bonchev–Trinajstić information content (AvgIpc) is 3.04. The van der Waals surface area contributed by atoms with Crippen LogP contribution in [0.3, 0.4) is 0 Å². The highest BCUT2D eigenvalue weighted by Gasteiger charge is 2.35. The zero-order valence-corrected chi connectivity index (χ0v) is 11.0. The smallest absolute Gasteiger partial charge is 0.303 e. The summed E-state index contributed by atoms with van der Waals surface area (Å²) in [5.41, 5.74) is 3.95. The van der Waals surface area contributed by atoms with Crippen LogP contribution in [0.25, 0.3) is 0 Å². The Morgan fingerprint density at radius 1 is 1.39 bits per heavy atom. The summed E-state index contributed by atoms with van der Waals surface area (Å²) in [7, 11) is 0. The maximum Gasteiger partial charge on any atom is 0.303 e. The van der Waals surface area contributed by atoms with Gasteiger partial charge in [-0.15, -0.1) is 0 Å². The third-order valence-electron chi connectivity index (χ3n) is 4.20. The van der Waals surface area contributed by atoms with E-state index in [0.717, 1.165) is 17.9 Å². The minimum atomic E-state index is -0.696. The zero-order valence-electron chi connectivity index (χ0n) is 10.3. The van der Waals surface area contributed by atoms with E-state index in [1.807, 2.05) is 6.07 Å². The average molecular weight is 265 g/mol. The number of aryl methyl sites for hydroxylation is 1. The Kier molecular flexibility index (Phi) is 3.06. The Bertz CT molecular complexity index is 492. The van der Waals surface area contributed by atoms with Crippen LogP contribution in [0.15, 0.2) is 12.1 Å². The van der Waals surface area contributed by atoms with Crippen molar-refractivity contribution >= 4 is 17.6 Å². The highest BCUT2D eigenvalue weighted by atomic mass is 35.5. The van der Waals surface area contributed by atoms with Gasteiger partial charge in [0.1, 0.15) is 0 Å². The maximum atomic E-state index is 11.1. The van der Waals surface area contributed by atoms with Crippen molar-refractivity contribution in [2.45, 2.75) is 44.4 Å². The maximum absolute atomic E-state index is 11.1. The quantitative estimate of drug-likeness (QED) is 0.898. The Labute approximate surface area is 112 Å². The summed E-state index contributed by atoms with van der Waals surface area (Å²) in [6, 6.07) is 4.07. The van der Waals surface area contributed by atoms with Gasteiger partial charge in [-0.25, -0.2) is 0 Å². The first kappa shape index (κ1) is 12.0. The molecule has 0 aromatic heterocycles. The van der Waals surface area contributed by atoms with Gasteiger partial charge in [-0.05, 0) is 72.8 Å². The van der Waals surface area contributed by atoms with Crippen LogP contribution in [0.4, 0.5) is 0 Å². The lowest BCUT2D eigenvalue weighted by atomic mass is 9.86. The van der Waals surface area contributed by atoms with Gasteiger partial charge in [-0.2, -0.15) is 0 Å². The molecule has 2 nitrogen and oxygen atoms in total. The number of hydrogen-bond donors (Lipinski definition) is 1. The van der Waals surface area contributed by atoms with E-state index in [2.05, 4.69) is 6.07 Å². The molecule has 1 atom stereocenters. The van der Waals surface area contributed by atoms with Crippen molar-refractivity contribution in [2.24, 2.45) is 5.92 Å². The second-order valence-corrected chi connectivity index (χ2v) is 5.96. The molecule has 0 radical (unpaired) electrons. The van der Waals surface area contributed by atoms with E-state index in [4.69, 9.17) is 16.7 Å². The van der Waals surface area contributed by atoms with Crippen LogP contribution in [0, 0.1) is 5.92 Å². The third-order valence-corrected chi connectivity index (χ3v) is 4.42. The number of aliphatic carboxylic acids is 1. The fourth-order valence-corrected chi connectivity index (χ4v) is 3.50. The molecule has 3 heteroatoms. The second kappa shape index (κ2) is 4.58. The van der Waals surface area contributed by atoms with Crippen molar-refractivity contribution in [3.05, 3.63) is 33.8 Å². The normalized spacial score (nSPS) is 19.6. The van der Waals surface area contributed by atoms with Crippen molar-refractivity contribution in [1.82, 2.24) is 0 Å². The van der Waals surface area contributed by atoms with E-state index in [1.165, 1.54) is 36.0 Å². The van der Waals surface area contributed by atoms with Crippen LogP contribution >= 0.6 is 11.6 Å². The first-order chi connectivity index (χ1) is 8.65. The molecule has 1 fully saturated rings. The minimum absolute atomic E-state index is 0.174. The monoisotopic (exact) mass is 264 g/mol. The van der Waals surface area contributed by atoms with E-state index < -0.39 is 5.97 Å². The Hall–Kier alpha value is -1.02. The number of carboxylic acid groups (broad SMARTS) is 1. The van der Waals surface area contributed by atoms with E-state index in [-0.39, 0.29) is 12.3 Å². The molecule has 0 bridgehead atoms. The van der Waals surface area contributed by atoms with Crippen LogP contribution in [0.1, 0.15) is 48.3 Å². The third kappa shape index (κ3) is 2.26. The molecular formula is C15H17ClO2. The summed E-state index contributed by atoms with van der Waals surface area (Å²) in [4.78, 5) is 11.1. The Morgan fingerprint density at radius 3 is 2.83 bits per heavy atom. The molecule has 1 N–H and O–H groups in total. The van der Waals surface area contributed by atoms with Crippen molar-refractivity contribution in [2.75, 3.05) is 0 Å². The van der Waals surface area contributed by atoms with Gasteiger partial charge in [0.05, 0.1) is 6.42 Å². The summed E-state index contributed by atoms with van der Waals surface area (Å²) in [5.74, 6) is 0.0379. The van der Waals surface area contributed by atoms with Gasteiger partial charge in [-0.1, -0.05) is 11.6 Å². The van der Waals surface area contributed by atoms with Crippen molar-refractivity contribution in [3.63, 3.8) is 0 Å². The molecule has 18 heavy (non-hydrogen) atoms. The molecule has 1 aromatic rings. The topological polar surface area (TPSA) is 37.3 Å². The molecule has 1 aromatic carbocycles. The lowest BCUT2D eigenvalue weighted by molar-refractivity contribution is -0.137. The first-order valence-corrected chi connectivity index (χ1v) is 7.06. The Balaban J connectivity index is 2.00. The predicted octanol–water partition coefficient (Wildman–Crippen LogP) is 3.80. The van der Waals surface area contributed by atoms with Gasteiger partial charge >= 0.3 is 5.97 Å². The number of benzene rings is 1. The number of rotatable bonds is 4. The standard InChI is InChI=1S/C15H17ClO2/c16-11-6-10-2-1-3-12(10)14(7-11)13(8-15(17)18)9-4-5-9/h6-7,9,13H,1-5,8H2,(H,17,18). The summed E-state index contributed by atoms with van der Waals surface area (Å²) in [5, 5.41) is 9.87. The fourth-order valence-electron chi connectivity index (χ4n) is 3.25. The van der Waals surface area contributed by atoms with Gasteiger partial charge < -0.3 is 5.11 Å². The van der Waals surface area contributed by atoms with Gasteiger partial charge in [0.25, 0.3) is 0 Å². The molecule has 0 spiro atoms. The molecule has 0 aliphatic heterocycles. The van der Waals surface area contributed by atoms with Crippen LogP contribution in [-0.4, -0.2) is 11.1 Å². The molecule has 96 valence electrons. The van der Waals surface area contributed by atoms with Crippen molar-refractivity contribution in [3.8, 4) is 0 Å².